The molecule has 1 aromatic rings. The van der Waals surface area contributed by atoms with E-state index in [1.807, 2.05) is 6.92 Å². The molecule has 1 atom stereocenters. The van der Waals surface area contributed by atoms with E-state index in [1.54, 1.807) is 12.3 Å². The molecule has 1 heterocycles. The van der Waals surface area contributed by atoms with Gasteiger partial charge in [0.2, 0.25) is 0 Å². The lowest BCUT2D eigenvalue weighted by Crippen LogP contribution is -2.36. The van der Waals surface area contributed by atoms with Crippen LogP contribution in [0.1, 0.15) is 23.8 Å². The average molecular weight is 260 g/mol. The second-order valence-electron chi connectivity index (χ2n) is 3.11. The Kier molecular flexibility index (Phi) is 4.16. The Labute approximate surface area is 91.4 Å². The van der Waals surface area contributed by atoms with Crippen molar-refractivity contribution >= 4 is 21.8 Å². The fraction of sp³-hybridized carbons (Fsp3) is 0.444. The van der Waals surface area contributed by atoms with E-state index in [4.69, 9.17) is 5.73 Å². The number of aromatic amines is 1. The first-order chi connectivity index (χ1) is 6.63. The summed E-state index contributed by atoms with van der Waals surface area (Å²) in [6, 6.07) is 1.75. The number of rotatable bonds is 4. The summed E-state index contributed by atoms with van der Waals surface area (Å²) in [6.45, 7) is 2.49. The molecule has 0 saturated heterocycles. The van der Waals surface area contributed by atoms with E-state index in [0.29, 0.717) is 12.2 Å². The molecule has 0 fully saturated rings. The first kappa shape index (κ1) is 11.3. The van der Waals surface area contributed by atoms with Crippen molar-refractivity contribution in [2.75, 3.05) is 6.54 Å². The molecule has 0 aliphatic heterocycles. The Bertz CT molecular complexity index is 311. The zero-order valence-corrected chi connectivity index (χ0v) is 9.60. The monoisotopic (exact) mass is 259 g/mol. The minimum Gasteiger partial charge on any atom is -0.356 e. The minimum absolute atomic E-state index is 0.0253. The minimum atomic E-state index is -0.125. The Morgan fingerprint density at radius 1 is 1.79 bits per heavy atom. The third-order valence-corrected chi connectivity index (χ3v) is 2.40. The molecular formula is C9H14BrN3O. The lowest BCUT2D eigenvalue weighted by molar-refractivity contribution is 0.0946. The first-order valence-corrected chi connectivity index (χ1v) is 5.30. The topological polar surface area (TPSA) is 70.9 Å². The van der Waals surface area contributed by atoms with Gasteiger partial charge in [-0.1, -0.05) is 6.92 Å². The number of nitrogens with one attached hydrogen (secondary N) is 2. The van der Waals surface area contributed by atoms with Gasteiger partial charge < -0.3 is 16.0 Å². The SMILES string of the molecule is CCC(N)CNC(=O)c1cc(Br)c[nH]1. The summed E-state index contributed by atoms with van der Waals surface area (Å²) in [5.74, 6) is -0.125. The van der Waals surface area contributed by atoms with Crippen molar-refractivity contribution in [2.24, 2.45) is 5.73 Å². The zero-order valence-electron chi connectivity index (χ0n) is 8.01. The van der Waals surface area contributed by atoms with Crippen LogP contribution in [-0.4, -0.2) is 23.5 Å². The molecule has 14 heavy (non-hydrogen) atoms. The predicted octanol–water partition coefficient (Wildman–Crippen LogP) is 1.24. The summed E-state index contributed by atoms with van der Waals surface area (Å²) >= 11 is 3.26. The van der Waals surface area contributed by atoms with E-state index < -0.39 is 0 Å². The number of nitrogens with two attached hydrogens (primary N) is 1. The summed E-state index contributed by atoms with van der Waals surface area (Å²) in [5.41, 5.74) is 6.21. The average Bonchev–Trinajstić information content (AvgIpc) is 2.60. The summed E-state index contributed by atoms with van der Waals surface area (Å²) in [6.07, 6.45) is 2.57. The first-order valence-electron chi connectivity index (χ1n) is 4.51. The maximum Gasteiger partial charge on any atom is 0.267 e. The number of hydrogen-bond donors (Lipinski definition) is 3. The Morgan fingerprint density at radius 2 is 2.50 bits per heavy atom. The third kappa shape index (κ3) is 3.16. The molecule has 0 radical (unpaired) electrons. The number of halogens is 1. The molecule has 1 aromatic heterocycles. The molecule has 1 amide bonds. The van der Waals surface area contributed by atoms with Gasteiger partial charge in [-0.15, -0.1) is 0 Å². The van der Waals surface area contributed by atoms with Gasteiger partial charge in [-0.2, -0.15) is 0 Å². The molecule has 0 spiro atoms. The molecule has 1 unspecified atom stereocenters. The van der Waals surface area contributed by atoms with Gasteiger partial charge in [0.1, 0.15) is 5.69 Å². The van der Waals surface area contributed by atoms with Crippen LogP contribution in [0.3, 0.4) is 0 Å². The van der Waals surface area contributed by atoms with Crippen molar-refractivity contribution in [1.29, 1.82) is 0 Å². The number of H-pyrrole nitrogens is 1. The highest BCUT2D eigenvalue weighted by molar-refractivity contribution is 9.10. The predicted molar refractivity (Wildman–Crippen MR) is 59.1 cm³/mol. The van der Waals surface area contributed by atoms with Crippen LogP contribution in [0.5, 0.6) is 0 Å². The standard InChI is InChI=1S/C9H14BrN3O/c1-2-7(11)5-13-9(14)8-3-6(10)4-12-8/h3-4,7,12H,2,5,11H2,1H3,(H,13,14). The number of carbonyl (C=O) groups excluding carboxylic acids is 1. The molecule has 0 aliphatic rings. The van der Waals surface area contributed by atoms with Crippen molar-refractivity contribution in [1.82, 2.24) is 10.3 Å². The molecular weight excluding hydrogens is 246 g/mol. The van der Waals surface area contributed by atoms with Gasteiger partial charge in [-0.05, 0) is 28.4 Å². The van der Waals surface area contributed by atoms with E-state index in [2.05, 4.69) is 26.2 Å². The Balaban J connectivity index is 2.43. The lowest BCUT2D eigenvalue weighted by atomic mass is 10.2. The normalized spacial score (nSPS) is 12.5. The van der Waals surface area contributed by atoms with Gasteiger partial charge in [0.05, 0.1) is 0 Å². The fourth-order valence-corrected chi connectivity index (χ4v) is 1.31. The summed E-state index contributed by atoms with van der Waals surface area (Å²) in [4.78, 5) is 14.3. The fourth-order valence-electron chi connectivity index (χ4n) is 0.962. The largest absolute Gasteiger partial charge is 0.356 e. The molecule has 1 rings (SSSR count). The number of carbonyl (C=O) groups is 1. The number of aromatic nitrogens is 1. The summed E-state index contributed by atoms with van der Waals surface area (Å²) in [7, 11) is 0. The van der Waals surface area contributed by atoms with Crippen LogP contribution in [0.4, 0.5) is 0 Å². The van der Waals surface area contributed by atoms with Gasteiger partial charge in [-0.3, -0.25) is 4.79 Å². The van der Waals surface area contributed by atoms with E-state index >= 15 is 0 Å². The third-order valence-electron chi connectivity index (χ3n) is 1.94. The van der Waals surface area contributed by atoms with Gasteiger partial charge in [0.25, 0.3) is 5.91 Å². The van der Waals surface area contributed by atoms with Crippen LogP contribution in [0.25, 0.3) is 0 Å². The number of hydrogen-bond acceptors (Lipinski definition) is 2. The zero-order chi connectivity index (χ0) is 10.6. The molecule has 4 nitrogen and oxygen atoms in total. The highest BCUT2D eigenvalue weighted by atomic mass is 79.9. The van der Waals surface area contributed by atoms with Crippen LogP contribution in [0, 0.1) is 0 Å². The summed E-state index contributed by atoms with van der Waals surface area (Å²) < 4.78 is 0.863. The maximum atomic E-state index is 11.5. The molecule has 4 N–H and O–H groups in total. The molecule has 5 heteroatoms. The lowest BCUT2D eigenvalue weighted by Gasteiger charge is -2.09. The molecule has 0 aromatic carbocycles. The van der Waals surface area contributed by atoms with Crippen molar-refractivity contribution < 1.29 is 4.79 Å². The Hall–Kier alpha value is -0.810. The van der Waals surface area contributed by atoms with Crippen LogP contribution in [0.2, 0.25) is 0 Å². The van der Waals surface area contributed by atoms with E-state index in [0.717, 1.165) is 10.9 Å². The van der Waals surface area contributed by atoms with Crippen LogP contribution < -0.4 is 11.1 Å². The molecule has 0 saturated carbocycles. The van der Waals surface area contributed by atoms with Crippen LogP contribution in [0.15, 0.2) is 16.7 Å². The van der Waals surface area contributed by atoms with Gasteiger partial charge in [0.15, 0.2) is 0 Å². The van der Waals surface area contributed by atoms with Gasteiger partial charge in [-0.25, -0.2) is 0 Å². The van der Waals surface area contributed by atoms with Gasteiger partial charge >= 0.3 is 0 Å². The van der Waals surface area contributed by atoms with Crippen molar-refractivity contribution in [3.8, 4) is 0 Å². The Morgan fingerprint density at radius 3 is 3.00 bits per heavy atom. The maximum absolute atomic E-state index is 11.5. The van der Waals surface area contributed by atoms with Crippen LogP contribution >= 0.6 is 15.9 Å². The second kappa shape index (κ2) is 5.17. The van der Waals surface area contributed by atoms with E-state index in [-0.39, 0.29) is 11.9 Å². The highest BCUT2D eigenvalue weighted by Gasteiger charge is 2.08. The van der Waals surface area contributed by atoms with Crippen molar-refractivity contribution in [3.63, 3.8) is 0 Å². The molecule has 0 aliphatic carbocycles. The quantitative estimate of drug-likeness (QED) is 0.762. The molecule has 78 valence electrons. The van der Waals surface area contributed by atoms with Crippen molar-refractivity contribution in [2.45, 2.75) is 19.4 Å². The highest BCUT2D eigenvalue weighted by Crippen LogP contribution is 2.10. The van der Waals surface area contributed by atoms with Crippen LogP contribution in [-0.2, 0) is 0 Å². The second-order valence-corrected chi connectivity index (χ2v) is 4.03. The smallest absolute Gasteiger partial charge is 0.267 e. The van der Waals surface area contributed by atoms with E-state index in [9.17, 15) is 4.79 Å². The van der Waals surface area contributed by atoms with E-state index in [1.165, 1.54) is 0 Å². The van der Waals surface area contributed by atoms with Crippen molar-refractivity contribution in [3.05, 3.63) is 22.4 Å². The van der Waals surface area contributed by atoms with Gasteiger partial charge in [0, 0.05) is 23.3 Å². The summed E-state index contributed by atoms with van der Waals surface area (Å²) in [5, 5.41) is 2.75. The number of amides is 1. The molecule has 0 bridgehead atoms.